The van der Waals surface area contributed by atoms with Gasteiger partial charge in [-0.3, -0.25) is 0 Å². The largest absolute Gasteiger partial charge is 0.416 e. The van der Waals surface area contributed by atoms with Gasteiger partial charge in [-0.05, 0) is 19.1 Å². The van der Waals surface area contributed by atoms with Crippen LogP contribution >= 0.6 is 0 Å². The molecule has 0 saturated carbocycles. The topological polar surface area (TPSA) is 48.2 Å². The van der Waals surface area contributed by atoms with Crippen molar-refractivity contribution in [1.82, 2.24) is 0 Å². The summed E-state index contributed by atoms with van der Waals surface area (Å²) in [6.45, 7) is 1.83. The molecule has 4 nitrogen and oxygen atoms in total. The number of halogens is 3. The lowest BCUT2D eigenvalue weighted by Gasteiger charge is -2.19. The molecule has 0 aromatic heterocycles. The van der Waals surface area contributed by atoms with Crippen LogP contribution in [0.5, 0.6) is 0 Å². The van der Waals surface area contributed by atoms with Crippen LogP contribution in [0.1, 0.15) is 5.56 Å². The van der Waals surface area contributed by atoms with Gasteiger partial charge in [0.2, 0.25) is 0 Å². The first-order valence-corrected chi connectivity index (χ1v) is 5.37. The summed E-state index contributed by atoms with van der Waals surface area (Å²) in [6.07, 6.45) is -7.15. The Balaban J connectivity index is 2.06. The number of hydrogen-bond donors (Lipinski definition) is 1. The van der Waals surface area contributed by atoms with Gasteiger partial charge in [0.15, 0.2) is 6.10 Å². The van der Waals surface area contributed by atoms with Crippen LogP contribution in [-0.2, 0) is 0 Å². The molecule has 2 rings (SSSR count). The van der Waals surface area contributed by atoms with Gasteiger partial charge in [0.1, 0.15) is 6.04 Å². The molecule has 7 heteroatoms. The van der Waals surface area contributed by atoms with Crippen molar-refractivity contribution in [3.63, 3.8) is 0 Å². The van der Waals surface area contributed by atoms with Crippen LogP contribution in [0.25, 0.3) is 0 Å². The molecule has 1 aliphatic rings. The van der Waals surface area contributed by atoms with E-state index in [1.807, 2.05) is 19.1 Å². The van der Waals surface area contributed by atoms with Crippen LogP contribution < -0.4 is 5.01 Å². The highest BCUT2D eigenvalue weighted by atomic mass is 19.4. The molecule has 0 saturated heterocycles. The molecule has 0 amide bonds. The third-order valence-corrected chi connectivity index (χ3v) is 2.70. The fourth-order valence-corrected chi connectivity index (χ4v) is 1.63. The number of rotatable bonds is 2. The normalized spacial score (nSPS) is 21.4. The summed E-state index contributed by atoms with van der Waals surface area (Å²) >= 11 is 0. The standard InChI is InChI=1S/C11H12F3N3O/c1-7-2-4-8(5-3-7)17-6-9(15-16-17)10(18)11(12,13)14/h2-5,9-10,18H,6H2,1H3. The maximum atomic E-state index is 12.3. The van der Waals surface area contributed by atoms with Crippen molar-refractivity contribution in [1.29, 1.82) is 0 Å². The Morgan fingerprint density at radius 2 is 1.94 bits per heavy atom. The first-order valence-electron chi connectivity index (χ1n) is 5.37. The molecule has 1 aromatic rings. The molecule has 0 spiro atoms. The maximum absolute atomic E-state index is 12.3. The first-order chi connectivity index (χ1) is 8.38. The molecule has 2 unspecified atom stereocenters. The molecular formula is C11H12F3N3O. The Labute approximate surface area is 102 Å². The molecule has 0 radical (unpaired) electrons. The monoisotopic (exact) mass is 259 g/mol. The van der Waals surface area contributed by atoms with Crippen LogP contribution in [0.15, 0.2) is 34.6 Å². The summed E-state index contributed by atoms with van der Waals surface area (Å²) < 4.78 is 36.9. The fourth-order valence-electron chi connectivity index (χ4n) is 1.63. The Bertz CT molecular complexity index is 444. The quantitative estimate of drug-likeness (QED) is 0.887. The Morgan fingerprint density at radius 3 is 2.50 bits per heavy atom. The van der Waals surface area contributed by atoms with E-state index in [9.17, 15) is 13.2 Å². The number of alkyl halides is 3. The second-order valence-corrected chi connectivity index (χ2v) is 4.18. The SMILES string of the molecule is Cc1ccc(N2CC(C(O)C(F)(F)F)N=N2)cc1. The van der Waals surface area contributed by atoms with Gasteiger partial charge in [0.25, 0.3) is 0 Å². The van der Waals surface area contributed by atoms with Crippen molar-refractivity contribution in [2.45, 2.75) is 25.2 Å². The third kappa shape index (κ3) is 2.61. The van der Waals surface area contributed by atoms with Gasteiger partial charge in [-0.1, -0.05) is 22.9 Å². The first kappa shape index (κ1) is 12.8. The minimum absolute atomic E-state index is 0.0796. The third-order valence-electron chi connectivity index (χ3n) is 2.70. The van der Waals surface area contributed by atoms with E-state index in [4.69, 9.17) is 5.11 Å². The van der Waals surface area contributed by atoms with Gasteiger partial charge in [0.05, 0.1) is 12.2 Å². The average molecular weight is 259 g/mol. The zero-order chi connectivity index (χ0) is 13.3. The second-order valence-electron chi connectivity index (χ2n) is 4.18. The molecule has 1 N–H and O–H groups in total. The van der Waals surface area contributed by atoms with Crippen molar-refractivity contribution >= 4 is 5.69 Å². The Kier molecular flexibility index (Phi) is 3.25. The lowest BCUT2D eigenvalue weighted by molar-refractivity contribution is -0.208. The highest BCUT2D eigenvalue weighted by Gasteiger charge is 2.46. The van der Waals surface area contributed by atoms with Gasteiger partial charge >= 0.3 is 6.18 Å². The number of aliphatic hydroxyl groups excluding tert-OH is 1. The zero-order valence-electron chi connectivity index (χ0n) is 9.59. The van der Waals surface area contributed by atoms with E-state index in [0.29, 0.717) is 5.69 Å². The van der Waals surface area contributed by atoms with E-state index in [2.05, 4.69) is 10.3 Å². The Hall–Kier alpha value is -1.63. The summed E-state index contributed by atoms with van der Waals surface area (Å²) in [6, 6.07) is 5.88. The second kappa shape index (κ2) is 4.56. The molecule has 98 valence electrons. The van der Waals surface area contributed by atoms with Gasteiger partial charge in [-0.15, -0.1) is 0 Å². The van der Waals surface area contributed by atoms with Crippen LogP contribution in [-0.4, -0.2) is 30.0 Å². The van der Waals surface area contributed by atoms with E-state index < -0.39 is 18.3 Å². The molecule has 1 aromatic carbocycles. The molecule has 1 aliphatic heterocycles. The predicted molar refractivity (Wildman–Crippen MR) is 59.2 cm³/mol. The minimum Gasteiger partial charge on any atom is -0.382 e. The fraction of sp³-hybridized carbons (Fsp3) is 0.455. The maximum Gasteiger partial charge on any atom is 0.416 e. The highest BCUT2D eigenvalue weighted by Crippen LogP contribution is 2.28. The van der Waals surface area contributed by atoms with Crippen LogP contribution in [0.2, 0.25) is 0 Å². The number of benzene rings is 1. The molecule has 0 bridgehead atoms. The van der Waals surface area contributed by atoms with E-state index in [-0.39, 0.29) is 6.54 Å². The summed E-state index contributed by atoms with van der Waals surface area (Å²) in [5, 5.41) is 17.5. The highest BCUT2D eigenvalue weighted by molar-refractivity contribution is 5.47. The van der Waals surface area contributed by atoms with Crippen molar-refractivity contribution in [2.24, 2.45) is 10.3 Å². The average Bonchev–Trinajstić information content (AvgIpc) is 2.77. The van der Waals surface area contributed by atoms with Crippen molar-refractivity contribution in [2.75, 3.05) is 11.6 Å². The predicted octanol–water partition coefficient (Wildman–Crippen LogP) is 2.47. The van der Waals surface area contributed by atoms with E-state index in [1.54, 1.807) is 12.1 Å². The zero-order valence-corrected chi connectivity index (χ0v) is 9.59. The van der Waals surface area contributed by atoms with Gasteiger partial charge in [0, 0.05) is 0 Å². The molecule has 18 heavy (non-hydrogen) atoms. The molecule has 1 heterocycles. The smallest absolute Gasteiger partial charge is 0.382 e. The minimum atomic E-state index is -4.67. The van der Waals surface area contributed by atoms with Crippen LogP contribution in [0.3, 0.4) is 0 Å². The van der Waals surface area contributed by atoms with E-state index >= 15 is 0 Å². The molecule has 0 aliphatic carbocycles. The summed E-state index contributed by atoms with van der Waals surface area (Å²) in [5.41, 5.74) is 1.70. The lowest BCUT2D eigenvalue weighted by atomic mass is 10.1. The van der Waals surface area contributed by atoms with Crippen LogP contribution in [0.4, 0.5) is 18.9 Å². The number of nitrogens with zero attached hydrogens (tertiary/aromatic N) is 3. The van der Waals surface area contributed by atoms with E-state index in [0.717, 1.165) is 5.56 Å². The summed E-state index contributed by atoms with van der Waals surface area (Å²) in [4.78, 5) is 0. The van der Waals surface area contributed by atoms with E-state index in [1.165, 1.54) is 5.01 Å². The lowest BCUT2D eigenvalue weighted by Crippen LogP contribution is -2.41. The summed E-state index contributed by atoms with van der Waals surface area (Å²) in [7, 11) is 0. The molecular weight excluding hydrogens is 247 g/mol. The number of aliphatic hydroxyl groups is 1. The van der Waals surface area contributed by atoms with Gasteiger partial charge in [-0.25, -0.2) is 5.01 Å². The number of aryl methyl sites for hydroxylation is 1. The number of hydrogen-bond acceptors (Lipinski definition) is 4. The van der Waals surface area contributed by atoms with Crippen molar-refractivity contribution in [3.05, 3.63) is 29.8 Å². The van der Waals surface area contributed by atoms with Crippen molar-refractivity contribution in [3.8, 4) is 0 Å². The molecule has 2 atom stereocenters. The van der Waals surface area contributed by atoms with Crippen molar-refractivity contribution < 1.29 is 18.3 Å². The summed E-state index contributed by atoms with van der Waals surface area (Å²) in [5.74, 6) is 0. The van der Waals surface area contributed by atoms with Gasteiger partial charge < -0.3 is 5.11 Å². The van der Waals surface area contributed by atoms with Crippen LogP contribution in [0, 0.1) is 6.92 Å². The molecule has 0 fully saturated rings. The van der Waals surface area contributed by atoms with Gasteiger partial charge in [-0.2, -0.15) is 18.3 Å². The number of anilines is 1. The Morgan fingerprint density at radius 1 is 1.33 bits per heavy atom.